The molecule has 17 heavy (non-hydrogen) atoms. The van der Waals surface area contributed by atoms with Gasteiger partial charge in [0.05, 0.1) is 0 Å². The van der Waals surface area contributed by atoms with Crippen LogP contribution in [0, 0.1) is 0 Å². The molecule has 92 valence electrons. The minimum absolute atomic E-state index is 0.404. The van der Waals surface area contributed by atoms with Crippen LogP contribution in [0.1, 0.15) is 24.8 Å². The second-order valence-electron chi connectivity index (χ2n) is 4.39. The molecule has 0 atom stereocenters. The van der Waals surface area contributed by atoms with Crippen LogP contribution in [0.2, 0.25) is 0 Å². The van der Waals surface area contributed by atoms with E-state index in [1.54, 1.807) is 6.20 Å². The number of nitrogens with zero attached hydrogens (tertiary/aromatic N) is 1. The van der Waals surface area contributed by atoms with Crippen molar-refractivity contribution >= 4 is 34.8 Å². The predicted octanol–water partition coefficient (Wildman–Crippen LogP) is 2.41. The summed E-state index contributed by atoms with van der Waals surface area (Å²) >= 11 is 6.90. The third-order valence-corrected chi connectivity index (χ3v) is 4.99. The Kier molecular flexibility index (Phi) is 3.89. The largest absolute Gasteiger partial charge is 0.389 e. The van der Waals surface area contributed by atoms with Crippen molar-refractivity contribution < 1.29 is 0 Å². The number of hydrogen-bond acceptors (Lipinski definition) is 4. The predicted molar refractivity (Wildman–Crippen MR) is 78.7 cm³/mol. The van der Waals surface area contributed by atoms with E-state index in [9.17, 15) is 0 Å². The lowest BCUT2D eigenvalue weighted by atomic mass is 9.84. The molecule has 2 rings (SSSR count). The van der Waals surface area contributed by atoms with E-state index in [0.29, 0.717) is 9.74 Å². The summed E-state index contributed by atoms with van der Waals surface area (Å²) in [6.07, 6.45) is 7.83. The van der Waals surface area contributed by atoms with Crippen molar-refractivity contribution in [2.75, 3.05) is 18.1 Å². The Bertz CT molecular complexity index is 410. The van der Waals surface area contributed by atoms with E-state index in [1.165, 1.54) is 19.3 Å². The molecule has 1 saturated carbocycles. The number of rotatable bonds is 5. The van der Waals surface area contributed by atoms with Gasteiger partial charge in [0, 0.05) is 23.1 Å². The topological polar surface area (TPSA) is 50.9 Å². The van der Waals surface area contributed by atoms with Gasteiger partial charge in [-0.2, -0.15) is 11.8 Å². The number of anilines is 1. The zero-order chi connectivity index (χ0) is 12.3. The van der Waals surface area contributed by atoms with Gasteiger partial charge < -0.3 is 11.1 Å². The average Bonchev–Trinajstić information content (AvgIpc) is 2.28. The molecule has 0 radical (unpaired) electrons. The molecule has 3 nitrogen and oxygen atoms in total. The van der Waals surface area contributed by atoms with Crippen LogP contribution in [0.5, 0.6) is 0 Å². The van der Waals surface area contributed by atoms with Crippen molar-refractivity contribution in [3.63, 3.8) is 0 Å². The first-order valence-electron chi connectivity index (χ1n) is 5.70. The molecular weight excluding hydrogens is 250 g/mol. The lowest BCUT2D eigenvalue weighted by molar-refractivity contribution is 0.379. The summed E-state index contributed by atoms with van der Waals surface area (Å²) in [6, 6.07) is 3.75. The molecule has 1 fully saturated rings. The number of nitrogens with two attached hydrogens (primary N) is 1. The second kappa shape index (κ2) is 5.23. The molecule has 1 aromatic heterocycles. The van der Waals surface area contributed by atoms with Gasteiger partial charge in [-0.3, -0.25) is 0 Å². The first-order chi connectivity index (χ1) is 8.15. The molecule has 1 aliphatic rings. The molecule has 0 spiro atoms. The van der Waals surface area contributed by atoms with Gasteiger partial charge >= 0.3 is 0 Å². The van der Waals surface area contributed by atoms with Crippen LogP contribution in [0.25, 0.3) is 0 Å². The number of pyridine rings is 1. The van der Waals surface area contributed by atoms with Crippen LogP contribution in [0.4, 0.5) is 5.82 Å². The van der Waals surface area contributed by atoms with Crippen LogP contribution < -0.4 is 11.1 Å². The van der Waals surface area contributed by atoms with E-state index in [0.717, 1.165) is 17.9 Å². The molecular formula is C12H17N3S2. The Labute approximate surface area is 112 Å². The van der Waals surface area contributed by atoms with E-state index < -0.39 is 0 Å². The van der Waals surface area contributed by atoms with Gasteiger partial charge in [-0.15, -0.1) is 0 Å². The summed E-state index contributed by atoms with van der Waals surface area (Å²) in [4.78, 5) is 4.70. The van der Waals surface area contributed by atoms with E-state index in [4.69, 9.17) is 18.0 Å². The van der Waals surface area contributed by atoms with Crippen molar-refractivity contribution in [1.82, 2.24) is 4.98 Å². The number of thiocarbonyl (C=S) groups is 1. The highest BCUT2D eigenvalue weighted by Gasteiger charge is 2.35. The van der Waals surface area contributed by atoms with Crippen LogP contribution in [0.3, 0.4) is 0 Å². The molecule has 1 aromatic rings. The van der Waals surface area contributed by atoms with Crippen LogP contribution >= 0.6 is 24.0 Å². The minimum atomic E-state index is 0.404. The number of hydrogen-bond donors (Lipinski definition) is 2. The maximum atomic E-state index is 5.60. The minimum Gasteiger partial charge on any atom is -0.389 e. The fourth-order valence-corrected chi connectivity index (χ4v) is 3.00. The Morgan fingerprint density at radius 1 is 1.65 bits per heavy atom. The fraction of sp³-hybridized carbons (Fsp3) is 0.500. The molecule has 0 bridgehead atoms. The number of nitrogens with one attached hydrogen (secondary N) is 1. The number of aromatic nitrogens is 1. The van der Waals surface area contributed by atoms with Crippen molar-refractivity contribution in [2.24, 2.45) is 5.73 Å². The van der Waals surface area contributed by atoms with Crippen molar-refractivity contribution in [2.45, 2.75) is 24.0 Å². The maximum absolute atomic E-state index is 5.60. The zero-order valence-electron chi connectivity index (χ0n) is 9.90. The first kappa shape index (κ1) is 12.6. The highest BCUT2D eigenvalue weighted by atomic mass is 32.2. The van der Waals surface area contributed by atoms with Crippen molar-refractivity contribution in [3.05, 3.63) is 23.9 Å². The van der Waals surface area contributed by atoms with Gasteiger partial charge in [-0.05, 0) is 31.2 Å². The molecule has 5 heteroatoms. The number of thioether (sulfide) groups is 1. The Hall–Kier alpha value is -0.810. The highest BCUT2D eigenvalue weighted by molar-refractivity contribution is 8.00. The molecule has 0 aromatic carbocycles. The van der Waals surface area contributed by atoms with Gasteiger partial charge in [-0.25, -0.2) is 4.98 Å². The molecule has 0 saturated heterocycles. The summed E-state index contributed by atoms with van der Waals surface area (Å²) in [5.41, 5.74) is 6.46. The molecule has 3 N–H and O–H groups in total. The maximum Gasteiger partial charge on any atom is 0.126 e. The SMILES string of the molecule is CSC1(CNc2cc(C(N)=S)ccn2)CCC1. The van der Waals surface area contributed by atoms with Gasteiger partial charge in [0.15, 0.2) is 0 Å². The van der Waals surface area contributed by atoms with Crippen molar-refractivity contribution in [3.8, 4) is 0 Å². The summed E-state index contributed by atoms with van der Waals surface area (Å²) in [5, 5.41) is 3.39. The molecule has 1 heterocycles. The zero-order valence-corrected chi connectivity index (χ0v) is 11.5. The van der Waals surface area contributed by atoms with E-state index >= 15 is 0 Å². The normalized spacial score (nSPS) is 17.2. The Balaban J connectivity index is 1.99. The van der Waals surface area contributed by atoms with Crippen LogP contribution in [0.15, 0.2) is 18.3 Å². The Morgan fingerprint density at radius 2 is 2.41 bits per heavy atom. The lowest BCUT2D eigenvalue weighted by Gasteiger charge is -2.40. The van der Waals surface area contributed by atoms with Gasteiger partial charge in [0.25, 0.3) is 0 Å². The van der Waals surface area contributed by atoms with Gasteiger partial charge in [0.2, 0.25) is 0 Å². The Morgan fingerprint density at radius 3 is 2.94 bits per heavy atom. The van der Waals surface area contributed by atoms with Gasteiger partial charge in [0.1, 0.15) is 10.8 Å². The van der Waals surface area contributed by atoms with E-state index in [1.807, 2.05) is 23.9 Å². The monoisotopic (exact) mass is 267 g/mol. The highest BCUT2D eigenvalue weighted by Crippen LogP contribution is 2.42. The summed E-state index contributed by atoms with van der Waals surface area (Å²) in [7, 11) is 0. The molecule has 0 amide bonds. The van der Waals surface area contributed by atoms with E-state index in [-0.39, 0.29) is 0 Å². The lowest BCUT2D eigenvalue weighted by Crippen LogP contribution is -2.40. The van der Waals surface area contributed by atoms with E-state index in [2.05, 4.69) is 16.6 Å². The summed E-state index contributed by atoms with van der Waals surface area (Å²) in [5.74, 6) is 0.857. The quantitative estimate of drug-likeness (QED) is 0.802. The molecule has 0 unspecified atom stereocenters. The van der Waals surface area contributed by atoms with Gasteiger partial charge in [-0.1, -0.05) is 18.6 Å². The summed E-state index contributed by atoms with van der Waals surface area (Å²) in [6.45, 7) is 0.960. The molecule has 1 aliphatic carbocycles. The first-order valence-corrected chi connectivity index (χ1v) is 7.33. The van der Waals surface area contributed by atoms with Crippen LogP contribution in [-0.4, -0.2) is 27.5 Å². The smallest absolute Gasteiger partial charge is 0.126 e. The fourth-order valence-electron chi connectivity index (χ4n) is 1.96. The average molecular weight is 267 g/mol. The third-order valence-electron chi connectivity index (χ3n) is 3.33. The summed E-state index contributed by atoms with van der Waals surface area (Å²) < 4.78 is 0.404. The molecule has 0 aliphatic heterocycles. The second-order valence-corrected chi connectivity index (χ2v) is 6.10. The van der Waals surface area contributed by atoms with Crippen LogP contribution in [-0.2, 0) is 0 Å². The van der Waals surface area contributed by atoms with Crippen molar-refractivity contribution in [1.29, 1.82) is 0 Å². The standard InChI is InChI=1S/C12H17N3S2/c1-17-12(4-2-5-12)8-15-10-7-9(11(13)16)3-6-14-10/h3,6-7H,2,4-5,8H2,1H3,(H2,13,16)(H,14,15). The third kappa shape index (κ3) is 2.90.